The normalized spacial score (nSPS) is 16.1. The number of carbonyl (C=O) groups is 1. The SMILES string of the molecule is Cc1c(CC(=O)NCC2CCCO2)c(=O)oc2cc3occ(-c4ccc(F)cc4)c3cc12. The quantitative estimate of drug-likeness (QED) is 0.467. The molecule has 7 heteroatoms. The van der Waals surface area contributed by atoms with E-state index in [4.69, 9.17) is 13.6 Å². The number of hydrogen-bond donors (Lipinski definition) is 1. The van der Waals surface area contributed by atoms with Crippen molar-refractivity contribution in [3.05, 3.63) is 70.0 Å². The Labute approximate surface area is 183 Å². The van der Waals surface area contributed by atoms with E-state index >= 15 is 0 Å². The molecule has 2 aromatic carbocycles. The van der Waals surface area contributed by atoms with E-state index in [1.807, 2.05) is 13.0 Å². The van der Waals surface area contributed by atoms with Crippen molar-refractivity contribution in [2.45, 2.75) is 32.3 Å². The molecule has 0 saturated carbocycles. The predicted octanol–water partition coefficient (Wildman–Crippen LogP) is 4.49. The summed E-state index contributed by atoms with van der Waals surface area (Å²) in [4.78, 5) is 25.1. The lowest BCUT2D eigenvalue weighted by Crippen LogP contribution is -2.34. The Morgan fingerprint density at radius 1 is 1.16 bits per heavy atom. The molecule has 1 atom stereocenters. The number of hydrogen-bond acceptors (Lipinski definition) is 5. The van der Waals surface area contributed by atoms with Crippen LogP contribution >= 0.6 is 0 Å². The van der Waals surface area contributed by atoms with Crippen molar-refractivity contribution in [3.63, 3.8) is 0 Å². The van der Waals surface area contributed by atoms with Crippen molar-refractivity contribution >= 4 is 27.8 Å². The third-order valence-corrected chi connectivity index (χ3v) is 6.02. The predicted molar refractivity (Wildman–Crippen MR) is 118 cm³/mol. The Balaban J connectivity index is 1.50. The van der Waals surface area contributed by atoms with Crippen LogP contribution in [-0.2, 0) is 16.0 Å². The molecule has 3 heterocycles. The number of rotatable bonds is 5. The van der Waals surface area contributed by atoms with E-state index in [-0.39, 0.29) is 24.2 Å². The van der Waals surface area contributed by atoms with Crippen molar-refractivity contribution < 1.29 is 22.8 Å². The first-order valence-electron chi connectivity index (χ1n) is 10.6. The highest BCUT2D eigenvalue weighted by molar-refractivity contribution is 6.02. The summed E-state index contributed by atoms with van der Waals surface area (Å²) in [6, 6.07) is 9.73. The van der Waals surface area contributed by atoms with Gasteiger partial charge in [-0.3, -0.25) is 4.79 Å². The fourth-order valence-electron chi connectivity index (χ4n) is 4.22. The lowest BCUT2D eigenvalue weighted by molar-refractivity contribution is -0.121. The molecule has 1 aliphatic rings. The molecule has 1 amide bonds. The minimum Gasteiger partial charge on any atom is -0.464 e. The summed E-state index contributed by atoms with van der Waals surface area (Å²) in [5.41, 5.74) is 3.05. The van der Waals surface area contributed by atoms with Crippen LogP contribution < -0.4 is 10.9 Å². The fourth-order valence-corrected chi connectivity index (χ4v) is 4.22. The summed E-state index contributed by atoms with van der Waals surface area (Å²) < 4.78 is 30.0. The van der Waals surface area contributed by atoms with E-state index in [0.29, 0.717) is 28.8 Å². The van der Waals surface area contributed by atoms with Gasteiger partial charge in [-0.15, -0.1) is 0 Å². The Kier molecular flexibility index (Phi) is 5.27. The van der Waals surface area contributed by atoms with Gasteiger partial charge < -0.3 is 18.9 Å². The topological polar surface area (TPSA) is 81.7 Å². The highest BCUT2D eigenvalue weighted by Gasteiger charge is 2.20. The van der Waals surface area contributed by atoms with Crippen molar-refractivity contribution in [2.75, 3.05) is 13.2 Å². The molecular formula is C25H22FNO5. The summed E-state index contributed by atoms with van der Waals surface area (Å²) in [7, 11) is 0. The first kappa shape index (κ1) is 20.5. The van der Waals surface area contributed by atoms with Gasteiger partial charge in [0.15, 0.2) is 0 Å². The van der Waals surface area contributed by atoms with Crippen LogP contribution in [0.4, 0.5) is 4.39 Å². The zero-order chi connectivity index (χ0) is 22.2. The Morgan fingerprint density at radius 3 is 2.72 bits per heavy atom. The van der Waals surface area contributed by atoms with Crippen LogP contribution in [-0.4, -0.2) is 25.2 Å². The van der Waals surface area contributed by atoms with Crippen LogP contribution in [0.2, 0.25) is 0 Å². The van der Waals surface area contributed by atoms with Crippen LogP contribution in [0.3, 0.4) is 0 Å². The molecule has 2 aromatic heterocycles. The summed E-state index contributed by atoms with van der Waals surface area (Å²) >= 11 is 0. The van der Waals surface area contributed by atoms with Crippen LogP contribution in [0.1, 0.15) is 24.0 Å². The van der Waals surface area contributed by atoms with E-state index in [9.17, 15) is 14.0 Å². The standard InChI is InChI=1S/C25H22FNO5/c1-14-18-9-20-21(15-4-6-16(26)7-5-15)13-31-22(20)11-23(18)32-25(29)19(14)10-24(28)27-12-17-3-2-8-30-17/h4-7,9,11,13,17H,2-3,8,10,12H2,1H3,(H,27,28). The van der Waals surface area contributed by atoms with Crippen LogP contribution in [0.15, 0.2) is 56.3 Å². The molecule has 1 saturated heterocycles. The summed E-state index contributed by atoms with van der Waals surface area (Å²) in [5.74, 6) is -0.557. The maximum Gasteiger partial charge on any atom is 0.340 e. The molecule has 1 aliphatic heterocycles. The van der Waals surface area contributed by atoms with Gasteiger partial charge in [-0.05, 0) is 49.1 Å². The van der Waals surface area contributed by atoms with Crippen molar-refractivity contribution in [1.82, 2.24) is 5.32 Å². The van der Waals surface area contributed by atoms with Crippen molar-refractivity contribution in [2.24, 2.45) is 0 Å². The zero-order valence-corrected chi connectivity index (χ0v) is 17.6. The van der Waals surface area contributed by atoms with Gasteiger partial charge in [0.2, 0.25) is 5.91 Å². The van der Waals surface area contributed by atoms with Gasteiger partial charge in [0.05, 0.1) is 24.4 Å². The number of furan rings is 1. The average molecular weight is 435 g/mol. The molecular weight excluding hydrogens is 413 g/mol. The highest BCUT2D eigenvalue weighted by Crippen LogP contribution is 2.34. The summed E-state index contributed by atoms with van der Waals surface area (Å²) in [6.45, 7) is 2.97. The number of ether oxygens (including phenoxy) is 1. The van der Waals surface area contributed by atoms with E-state index < -0.39 is 5.63 Å². The van der Waals surface area contributed by atoms with Gasteiger partial charge in [0, 0.05) is 35.6 Å². The molecule has 32 heavy (non-hydrogen) atoms. The summed E-state index contributed by atoms with van der Waals surface area (Å²) in [6.07, 6.45) is 3.49. The molecule has 0 aliphatic carbocycles. The van der Waals surface area contributed by atoms with Crippen molar-refractivity contribution in [3.8, 4) is 11.1 Å². The second-order valence-corrected chi connectivity index (χ2v) is 8.11. The van der Waals surface area contributed by atoms with E-state index in [1.54, 1.807) is 24.5 Å². The average Bonchev–Trinajstić information content (AvgIpc) is 3.44. The fraction of sp³-hybridized carbons (Fsp3) is 0.280. The molecule has 6 nitrogen and oxygen atoms in total. The van der Waals surface area contributed by atoms with E-state index in [2.05, 4.69) is 5.32 Å². The van der Waals surface area contributed by atoms with Gasteiger partial charge >= 0.3 is 5.63 Å². The molecule has 4 aromatic rings. The molecule has 0 radical (unpaired) electrons. The lowest BCUT2D eigenvalue weighted by Gasteiger charge is -2.12. The second-order valence-electron chi connectivity index (χ2n) is 8.11. The van der Waals surface area contributed by atoms with Crippen LogP contribution in [0.25, 0.3) is 33.1 Å². The highest BCUT2D eigenvalue weighted by atomic mass is 19.1. The second kappa shape index (κ2) is 8.24. The Hall–Kier alpha value is -3.45. The van der Waals surface area contributed by atoms with Gasteiger partial charge in [0.1, 0.15) is 17.0 Å². The number of carbonyl (C=O) groups excluding carboxylic acids is 1. The maximum atomic E-state index is 13.3. The molecule has 1 N–H and O–H groups in total. The molecule has 164 valence electrons. The number of amides is 1. The number of benzene rings is 2. The van der Waals surface area contributed by atoms with E-state index in [1.165, 1.54) is 12.1 Å². The Bertz CT molecular complexity index is 1360. The maximum absolute atomic E-state index is 13.3. The van der Waals surface area contributed by atoms with Crippen LogP contribution in [0.5, 0.6) is 0 Å². The number of aryl methyl sites for hydroxylation is 1. The molecule has 1 unspecified atom stereocenters. The van der Waals surface area contributed by atoms with Gasteiger partial charge in [-0.2, -0.15) is 0 Å². The number of nitrogens with one attached hydrogen (secondary N) is 1. The van der Waals surface area contributed by atoms with Crippen LogP contribution in [0, 0.1) is 12.7 Å². The smallest absolute Gasteiger partial charge is 0.340 e. The van der Waals surface area contributed by atoms with Gasteiger partial charge in [-0.1, -0.05) is 12.1 Å². The summed E-state index contributed by atoms with van der Waals surface area (Å²) in [5, 5.41) is 4.39. The van der Waals surface area contributed by atoms with Gasteiger partial charge in [-0.25, -0.2) is 9.18 Å². The minimum atomic E-state index is -0.535. The molecule has 0 bridgehead atoms. The third-order valence-electron chi connectivity index (χ3n) is 6.02. The largest absolute Gasteiger partial charge is 0.464 e. The monoisotopic (exact) mass is 435 g/mol. The molecule has 5 rings (SSSR count). The first-order chi connectivity index (χ1) is 15.5. The number of fused-ring (bicyclic) bond motifs is 2. The zero-order valence-electron chi connectivity index (χ0n) is 17.6. The third kappa shape index (κ3) is 3.80. The minimum absolute atomic E-state index is 0.0346. The molecule has 0 spiro atoms. The van der Waals surface area contributed by atoms with E-state index in [0.717, 1.165) is 41.3 Å². The lowest BCUT2D eigenvalue weighted by atomic mass is 9.99. The Morgan fingerprint density at radius 2 is 1.97 bits per heavy atom. The first-order valence-corrected chi connectivity index (χ1v) is 10.6. The number of halogens is 1. The van der Waals surface area contributed by atoms with Crippen molar-refractivity contribution in [1.29, 1.82) is 0 Å². The molecule has 1 fully saturated rings. The van der Waals surface area contributed by atoms with Gasteiger partial charge in [0.25, 0.3) is 0 Å².